The minimum atomic E-state index is -0.0819. The predicted molar refractivity (Wildman–Crippen MR) is 62.5 cm³/mol. The molecule has 78 valence electrons. The fraction of sp³-hybridized carbons (Fsp3) is 0.200. The molecule has 1 amide bonds. The van der Waals surface area contributed by atoms with Crippen molar-refractivity contribution in [2.45, 2.75) is 6.42 Å². The molecule has 2 rings (SSSR count). The molecular formula is C10H10N2OS2. The van der Waals surface area contributed by atoms with Crippen LogP contribution in [-0.4, -0.2) is 17.4 Å². The first kappa shape index (κ1) is 10.3. The van der Waals surface area contributed by atoms with Crippen molar-refractivity contribution in [1.82, 2.24) is 10.3 Å². The van der Waals surface area contributed by atoms with Gasteiger partial charge in [-0.15, -0.1) is 22.7 Å². The Morgan fingerprint density at radius 2 is 2.33 bits per heavy atom. The third-order valence-corrected chi connectivity index (χ3v) is 3.57. The third kappa shape index (κ3) is 2.87. The molecule has 0 aliphatic rings. The molecule has 0 saturated carbocycles. The highest BCUT2D eigenvalue weighted by atomic mass is 32.1. The van der Waals surface area contributed by atoms with Crippen LogP contribution in [0.2, 0.25) is 0 Å². The van der Waals surface area contributed by atoms with Crippen LogP contribution in [0.1, 0.15) is 14.7 Å². The predicted octanol–water partition coefficient (Wildman–Crippen LogP) is 2.18. The maximum Gasteiger partial charge on any atom is 0.280 e. The van der Waals surface area contributed by atoms with Crippen LogP contribution in [0.3, 0.4) is 0 Å². The third-order valence-electron chi connectivity index (χ3n) is 1.86. The van der Waals surface area contributed by atoms with Crippen molar-refractivity contribution in [3.63, 3.8) is 0 Å². The van der Waals surface area contributed by atoms with Gasteiger partial charge in [-0.1, -0.05) is 6.07 Å². The number of rotatable bonds is 4. The Morgan fingerprint density at radius 1 is 1.40 bits per heavy atom. The van der Waals surface area contributed by atoms with E-state index in [0.29, 0.717) is 11.6 Å². The maximum atomic E-state index is 11.5. The zero-order chi connectivity index (χ0) is 10.5. The highest BCUT2D eigenvalue weighted by molar-refractivity contribution is 7.11. The lowest BCUT2D eigenvalue weighted by atomic mass is 10.3. The largest absolute Gasteiger partial charge is 0.350 e. The standard InChI is InChI=1S/C10H10N2OS2/c13-9(10-12-5-7-15-10)11-4-3-8-2-1-6-14-8/h1-2,5-7H,3-4H2,(H,11,13). The van der Waals surface area contributed by atoms with Crippen molar-refractivity contribution in [3.05, 3.63) is 39.0 Å². The van der Waals surface area contributed by atoms with Gasteiger partial charge >= 0.3 is 0 Å². The van der Waals surface area contributed by atoms with Gasteiger partial charge in [-0.25, -0.2) is 4.98 Å². The number of thiazole rings is 1. The van der Waals surface area contributed by atoms with E-state index in [9.17, 15) is 4.79 Å². The smallest absolute Gasteiger partial charge is 0.280 e. The zero-order valence-corrected chi connectivity index (χ0v) is 9.61. The van der Waals surface area contributed by atoms with Crippen molar-refractivity contribution in [2.24, 2.45) is 0 Å². The molecule has 2 aromatic rings. The molecular weight excluding hydrogens is 228 g/mol. The summed E-state index contributed by atoms with van der Waals surface area (Å²) in [7, 11) is 0. The van der Waals surface area contributed by atoms with E-state index in [1.165, 1.54) is 16.2 Å². The summed E-state index contributed by atoms with van der Waals surface area (Å²) in [5.74, 6) is -0.0819. The van der Waals surface area contributed by atoms with Crippen molar-refractivity contribution in [1.29, 1.82) is 0 Å². The molecule has 5 heteroatoms. The number of carbonyl (C=O) groups is 1. The fourth-order valence-corrected chi connectivity index (χ4v) is 2.43. The van der Waals surface area contributed by atoms with Gasteiger partial charge in [-0.3, -0.25) is 4.79 Å². The Bertz CT molecular complexity index is 409. The first-order chi connectivity index (χ1) is 7.36. The van der Waals surface area contributed by atoms with Crippen molar-refractivity contribution in [3.8, 4) is 0 Å². The molecule has 0 fully saturated rings. The molecule has 0 aliphatic heterocycles. The molecule has 0 unspecified atom stereocenters. The minimum absolute atomic E-state index is 0.0819. The molecule has 15 heavy (non-hydrogen) atoms. The van der Waals surface area contributed by atoms with E-state index < -0.39 is 0 Å². The van der Waals surface area contributed by atoms with Crippen LogP contribution >= 0.6 is 22.7 Å². The van der Waals surface area contributed by atoms with E-state index in [0.717, 1.165) is 6.42 Å². The molecule has 0 aromatic carbocycles. The van der Waals surface area contributed by atoms with Gasteiger partial charge in [-0.05, 0) is 17.9 Å². The summed E-state index contributed by atoms with van der Waals surface area (Å²) in [6.07, 6.45) is 2.52. The number of hydrogen-bond acceptors (Lipinski definition) is 4. The Morgan fingerprint density at radius 3 is 3.00 bits per heavy atom. The van der Waals surface area contributed by atoms with Crippen LogP contribution in [0.5, 0.6) is 0 Å². The summed E-state index contributed by atoms with van der Waals surface area (Å²) in [5, 5.41) is 7.21. The van der Waals surface area contributed by atoms with Gasteiger partial charge in [0.25, 0.3) is 5.91 Å². The van der Waals surface area contributed by atoms with Gasteiger partial charge in [0.2, 0.25) is 0 Å². The molecule has 2 aromatic heterocycles. The van der Waals surface area contributed by atoms with Crippen molar-refractivity contribution in [2.75, 3.05) is 6.54 Å². The monoisotopic (exact) mass is 238 g/mol. The van der Waals surface area contributed by atoms with E-state index in [1.54, 1.807) is 22.9 Å². The second-order valence-corrected chi connectivity index (χ2v) is 4.85. The number of aromatic nitrogens is 1. The number of carbonyl (C=O) groups excluding carboxylic acids is 1. The molecule has 1 N–H and O–H groups in total. The van der Waals surface area contributed by atoms with Gasteiger partial charge in [0.05, 0.1) is 0 Å². The minimum Gasteiger partial charge on any atom is -0.350 e. The number of nitrogens with one attached hydrogen (secondary N) is 1. The maximum absolute atomic E-state index is 11.5. The Hall–Kier alpha value is -1.20. The highest BCUT2D eigenvalue weighted by Gasteiger charge is 2.06. The lowest BCUT2D eigenvalue weighted by Crippen LogP contribution is -2.25. The summed E-state index contributed by atoms with van der Waals surface area (Å²) in [6, 6.07) is 4.09. The second kappa shape index (κ2) is 5.04. The summed E-state index contributed by atoms with van der Waals surface area (Å²) >= 11 is 3.07. The molecule has 0 aliphatic carbocycles. The second-order valence-electron chi connectivity index (χ2n) is 2.92. The number of amides is 1. The van der Waals surface area contributed by atoms with Crippen LogP contribution in [0.25, 0.3) is 0 Å². The van der Waals surface area contributed by atoms with E-state index in [1.807, 2.05) is 11.4 Å². The lowest BCUT2D eigenvalue weighted by molar-refractivity contribution is 0.0954. The van der Waals surface area contributed by atoms with Gasteiger partial charge in [0.15, 0.2) is 5.01 Å². The first-order valence-electron chi connectivity index (χ1n) is 4.56. The zero-order valence-electron chi connectivity index (χ0n) is 7.97. The van der Waals surface area contributed by atoms with Crippen molar-refractivity contribution < 1.29 is 4.79 Å². The molecule has 0 radical (unpaired) electrons. The SMILES string of the molecule is O=C(NCCc1cccs1)c1nccs1. The van der Waals surface area contributed by atoms with Crippen LogP contribution in [0, 0.1) is 0 Å². The summed E-state index contributed by atoms with van der Waals surface area (Å²) in [4.78, 5) is 16.7. The Kier molecular flexibility index (Phi) is 3.47. The Balaban J connectivity index is 1.77. The van der Waals surface area contributed by atoms with Crippen molar-refractivity contribution >= 4 is 28.6 Å². The van der Waals surface area contributed by atoms with Crippen LogP contribution in [0.15, 0.2) is 29.1 Å². The number of nitrogens with zero attached hydrogens (tertiary/aromatic N) is 1. The van der Waals surface area contributed by atoms with E-state index in [-0.39, 0.29) is 5.91 Å². The molecule has 0 spiro atoms. The quantitative estimate of drug-likeness (QED) is 0.887. The van der Waals surface area contributed by atoms with E-state index in [2.05, 4.69) is 16.4 Å². The van der Waals surface area contributed by atoms with Gasteiger partial charge in [-0.2, -0.15) is 0 Å². The van der Waals surface area contributed by atoms with E-state index in [4.69, 9.17) is 0 Å². The fourth-order valence-electron chi connectivity index (χ4n) is 1.17. The summed E-state index contributed by atoms with van der Waals surface area (Å²) in [5.41, 5.74) is 0. The highest BCUT2D eigenvalue weighted by Crippen LogP contribution is 2.08. The van der Waals surface area contributed by atoms with Crippen LogP contribution in [-0.2, 0) is 6.42 Å². The van der Waals surface area contributed by atoms with Crippen LogP contribution in [0.4, 0.5) is 0 Å². The van der Waals surface area contributed by atoms with Gasteiger partial charge in [0.1, 0.15) is 0 Å². The summed E-state index contributed by atoms with van der Waals surface area (Å²) in [6.45, 7) is 0.666. The van der Waals surface area contributed by atoms with Crippen LogP contribution < -0.4 is 5.32 Å². The molecule has 0 atom stereocenters. The average molecular weight is 238 g/mol. The average Bonchev–Trinajstić information content (AvgIpc) is 2.90. The molecule has 0 bridgehead atoms. The first-order valence-corrected chi connectivity index (χ1v) is 6.32. The van der Waals surface area contributed by atoms with Gasteiger partial charge < -0.3 is 5.32 Å². The normalized spacial score (nSPS) is 10.1. The molecule has 3 nitrogen and oxygen atoms in total. The summed E-state index contributed by atoms with van der Waals surface area (Å²) < 4.78 is 0. The Labute approximate surface area is 95.8 Å². The molecule has 0 saturated heterocycles. The van der Waals surface area contributed by atoms with E-state index >= 15 is 0 Å². The lowest BCUT2D eigenvalue weighted by Gasteiger charge is -2.00. The number of hydrogen-bond donors (Lipinski definition) is 1. The molecule has 2 heterocycles. The number of thiophene rings is 1. The topological polar surface area (TPSA) is 42.0 Å². The van der Waals surface area contributed by atoms with Gasteiger partial charge in [0, 0.05) is 23.0 Å².